The molecule has 0 spiro atoms. The summed E-state index contributed by atoms with van der Waals surface area (Å²) < 4.78 is 5.79. The Morgan fingerprint density at radius 3 is 2.71 bits per heavy atom. The summed E-state index contributed by atoms with van der Waals surface area (Å²) in [5.41, 5.74) is 6.98. The van der Waals surface area contributed by atoms with Crippen LogP contribution in [0.1, 0.15) is 30.9 Å². The zero-order chi connectivity index (χ0) is 14.8. The molecule has 108 valence electrons. The van der Waals surface area contributed by atoms with Crippen molar-refractivity contribution in [2.45, 2.75) is 25.3 Å². The SMILES string of the molecule is [NH3+][C@@H](CCCC(=O)[O-])c1ccc2oc3ccccc3c2c1. The van der Waals surface area contributed by atoms with Gasteiger partial charge < -0.3 is 20.1 Å². The van der Waals surface area contributed by atoms with Gasteiger partial charge >= 0.3 is 0 Å². The fourth-order valence-electron chi connectivity index (χ4n) is 2.66. The maximum atomic E-state index is 10.5. The highest BCUT2D eigenvalue weighted by Crippen LogP contribution is 2.30. The Morgan fingerprint density at radius 1 is 1.14 bits per heavy atom. The Kier molecular flexibility index (Phi) is 3.62. The first kappa shape index (κ1) is 13.6. The van der Waals surface area contributed by atoms with E-state index in [1.54, 1.807) is 0 Å². The molecule has 0 fully saturated rings. The van der Waals surface area contributed by atoms with E-state index in [2.05, 4.69) is 11.8 Å². The number of carboxylic acid groups (broad SMARTS) is 1. The van der Waals surface area contributed by atoms with Gasteiger partial charge in [0.1, 0.15) is 17.2 Å². The van der Waals surface area contributed by atoms with Crippen molar-refractivity contribution in [2.75, 3.05) is 0 Å². The lowest BCUT2D eigenvalue weighted by Gasteiger charge is -2.09. The Morgan fingerprint density at radius 2 is 1.90 bits per heavy atom. The molecule has 4 heteroatoms. The van der Waals surface area contributed by atoms with Crippen molar-refractivity contribution in [3.8, 4) is 0 Å². The number of para-hydroxylation sites is 1. The zero-order valence-electron chi connectivity index (χ0n) is 11.7. The van der Waals surface area contributed by atoms with Crippen LogP contribution in [0, 0.1) is 0 Å². The van der Waals surface area contributed by atoms with Crippen molar-refractivity contribution < 1.29 is 20.1 Å². The third kappa shape index (κ3) is 2.76. The van der Waals surface area contributed by atoms with E-state index in [4.69, 9.17) is 4.42 Å². The largest absolute Gasteiger partial charge is 0.550 e. The molecule has 0 radical (unpaired) electrons. The fraction of sp³-hybridized carbons (Fsp3) is 0.235. The monoisotopic (exact) mass is 283 g/mol. The first-order chi connectivity index (χ1) is 10.1. The van der Waals surface area contributed by atoms with E-state index in [0.29, 0.717) is 6.42 Å². The number of hydrogen-bond donors (Lipinski definition) is 1. The number of furan rings is 1. The van der Waals surface area contributed by atoms with Crippen molar-refractivity contribution in [3.63, 3.8) is 0 Å². The van der Waals surface area contributed by atoms with Crippen molar-refractivity contribution in [2.24, 2.45) is 0 Å². The standard InChI is InChI=1S/C17H17NO3/c18-14(5-3-7-17(19)20)11-8-9-16-13(10-11)12-4-1-2-6-15(12)21-16/h1-2,4,6,8-10,14H,3,5,7,18H2,(H,19,20)/t14-/m0/s1. The maximum absolute atomic E-state index is 10.5. The van der Waals surface area contributed by atoms with Gasteiger partial charge in [-0.1, -0.05) is 18.2 Å². The summed E-state index contributed by atoms with van der Waals surface area (Å²) in [5, 5.41) is 12.6. The van der Waals surface area contributed by atoms with Gasteiger partial charge in [0.15, 0.2) is 0 Å². The van der Waals surface area contributed by atoms with Crippen LogP contribution in [0.5, 0.6) is 0 Å². The average molecular weight is 283 g/mol. The molecule has 3 rings (SSSR count). The molecule has 0 saturated carbocycles. The van der Waals surface area contributed by atoms with E-state index in [1.807, 2.05) is 36.4 Å². The summed E-state index contributed by atoms with van der Waals surface area (Å²) in [5.74, 6) is -1.00. The molecule has 0 bridgehead atoms. The van der Waals surface area contributed by atoms with Gasteiger partial charge in [-0.3, -0.25) is 0 Å². The predicted molar refractivity (Wildman–Crippen MR) is 78.2 cm³/mol. The second kappa shape index (κ2) is 5.58. The predicted octanol–water partition coefficient (Wildman–Crippen LogP) is 1.79. The number of carbonyl (C=O) groups excluding carboxylic acids is 1. The highest BCUT2D eigenvalue weighted by Gasteiger charge is 2.13. The van der Waals surface area contributed by atoms with Gasteiger partial charge in [0.05, 0.1) is 0 Å². The van der Waals surface area contributed by atoms with Gasteiger partial charge in [-0.25, -0.2) is 0 Å². The molecule has 1 aromatic heterocycles. The van der Waals surface area contributed by atoms with Crippen LogP contribution in [0.25, 0.3) is 21.9 Å². The summed E-state index contributed by atoms with van der Waals surface area (Å²) in [6, 6.07) is 14.1. The van der Waals surface area contributed by atoms with Gasteiger partial charge in [-0.05, 0) is 37.1 Å². The highest BCUT2D eigenvalue weighted by atomic mass is 16.4. The third-order valence-electron chi connectivity index (χ3n) is 3.81. The third-order valence-corrected chi connectivity index (χ3v) is 3.81. The molecular weight excluding hydrogens is 266 g/mol. The van der Waals surface area contributed by atoms with Gasteiger partial charge in [0.2, 0.25) is 0 Å². The van der Waals surface area contributed by atoms with Crippen molar-refractivity contribution >= 4 is 27.9 Å². The van der Waals surface area contributed by atoms with Gasteiger partial charge in [0, 0.05) is 28.7 Å². The normalized spacial score (nSPS) is 12.8. The summed E-state index contributed by atoms with van der Waals surface area (Å²) in [6.45, 7) is 0. The van der Waals surface area contributed by atoms with Crippen LogP contribution in [0.3, 0.4) is 0 Å². The summed E-state index contributed by atoms with van der Waals surface area (Å²) in [6.07, 6.45) is 1.40. The molecule has 3 aromatic rings. The van der Waals surface area contributed by atoms with Crippen LogP contribution in [0.2, 0.25) is 0 Å². The minimum atomic E-state index is -1.00. The van der Waals surface area contributed by atoms with Crippen LogP contribution in [0.15, 0.2) is 46.9 Å². The van der Waals surface area contributed by atoms with Crippen LogP contribution >= 0.6 is 0 Å². The molecule has 2 aromatic carbocycles. The van der Waals surface area contributed by atoms with Crippen LogP contribution in [0.4, 0.5) is 0 Å². The van der Waals surface area contributed by atoms with Crippen molar-refractivity contribution in [1.29, 1.82) is 0 Å². The minimum Gasteiger partial charge on any atom is -0.550 e. The molecule has 4 nitrogen and oxygen atoms in total. The van der Waals surface area contributed by atoms with Crippen molar-refractivity contribution in [1.82, 2.24) is 0 Å². The number of hydrogen-bond acceptors (Lipinski definition) is 3. The van der Waals surface area contributed by atoms with E-state index in [9.17, 15) is 9.90 Å². The Labute approximate surface area is 122 Å². The number of rotatable bonds is 5. The molecule has 0 unspecified atom stereocenters. The van der Waals surface area contributed by atoms with E-state index in [1.165, 1.54) is 0 Å². The molecule has 1 heterocycles. The molecule has 21 heavy (non-hydrogen) atoms. The number of quaternary nitrogens is 1. The van der Waals surface area contributed by atoms with Crippen LogP contribution < -0.4 is 10.8 Å². The Bertz CT molecular complexity index is 791. The fourth-order valence-corrected chi connectivity index (χ4v) is 2.66. The molecule has 0 saturated heterocycles. The lowest BCUT2D eigenvalue weighted by atomic mass is 10.00. The van der Waals surface area contributed by atoms with Gasteiger partial charge in [-0.15, -0.1) is 0 Å². The minimum absolute atomic E-state index is 0.0717. The molecule has 0 aliphatic rings. The number of fused-ring (bicyclic) bond motifs is 3. The first-order valence-electron chi connectivity index (χ1n) is 7.09. The van der Waals surface area contributed by atoms with E-state index >= 15 is 0 Å². The van der Waals surface area contributed by atoms with Gasteiger partial charge in [0.25, 0.3) is 0 Å². The molecule has 0 aliphatic carbocycles. The van der Waals surface area contributed by atoms with Crippen molar-refractivity contribution in [3.05, 3.63) is 48.0 Å². The van der Waals surface area contributed by atoms with Gasteiger partial charge in [-0.2, -0.15) is 0 Å². The number of carbonyl (C=O) groups is 1. The molecule has 1 atom stereocenters. The van der Waals surface area contributed by atoms with Crippen LogP contribution in [-0.2, 0) is 4.79 Å². The van der Waals surface area contributed by atoms with Crippen LogP contribution in [-0.4, -0.2) is 5.97 Å². The summed E-state index contributed by atoms with van der Waals surface area (Å²) in [4.78, 5) is 10.5. The summed E-state index contributed by atoms with van der Waals surface area (Å²) in [7, 11) is 0. The average Bonchev–Trinajstić information content (AvgIpc) is 2.84. The molecule has 0 aliphatic heterocycles. The lowest BCUT2D eigenvalue weighted by molar-refractivity contribution is -0.428. The van der Waals surface area contributed by atoms with E-state index < -0.39 is 5.97 Å². The lowest BCUT2D eigenvalue weighted by Crippen LogP contribution is -2.53. The van der Waals surface area contributed by atoms with E-state index in [-0.39, 0.29) is 12.5 Å². The maximum Gasteiger partial charge on any atom is 0.135 e. The molecular formula is C17H17NO3. The number of aliphatic carboxylic acids is 1. The molecule has 3 N–H and O–H groups in total. The first-order valence-corrected chi connectivity index (χ1v) is 7.09. The number of carboxylic acids is 1. The smallest absolute Gasteiger partial charge is 0.135 e. The van der Waals surface area contributed by atoms with E-state index in [0.717, 1.165) is 33.9 Å². The summed E-state index contributed by atoms with van der Waals surface area (Å²) >= 11 is 0. The molecule has 0 amide bonds. The second-order valence-electron chi connectivity index (χ2n) is 5.31. The topological polar surface area (TPSA) is 80.9 Å². The highest BCUT2D eigenvalue weighted by molar-refractivity contribution is 6.04. The Balaban J connectivity index is 1.89. The zero-order valence-corrected chi connectivity index (χ0v) is 11.7. The number of benzene rings is 2. The Hall–Kier alpha value is -2.33. The quantitative estimate of drug-likeness (QED) is 0.775. The second-order valence-corrected chi connectivity index (χ2v) is 5.31.